The molecule has 1 fully saturated rings. The fourth-order valence-corrected chi connectivity index (χ4v) is 3.10. The summed E-state index contributed by atoms with van der Waals surface area (Å²) in [7, 11) is 1.65. The largest absolute Gasteiger partial charge is 0.508 e. The highest BCUT2D eigenvalue weighted by atomic mass is 16.5. The van der Waals surface area contributed by atoms with Crippen molar-refractivity contribution in [3.63, 3.8) is 0 Å². The number of ether oxygens (including phenoxy) is 1. The van der Waals surface area contributed by atoms with E-state index in [0.717, 1.165) is 36.3 Å². The summed E-state index contributed by atoms with van der Waals surface area (Å²) in [5.41, 5.74) is 2.06. The Balaban J connectivity index is 1.65. The quantitative estimate of drug-likeness (QED) is 0.904. The predicted molar refractivity (Wildman–Crippen MR) is 92.0 cm³/mol. The summed E-state index contributed by atoms with van der Waals surface area (Å²) in [5.74, 6) is 1.03. The Morgan fingerprint density at radius 2 is 2.08 bits per heavy atom. The van der Waals surface area contributed by atoms with Gasteiger partial charge in [0.1, 0.15) is 11.5 Å². The topological polar surface area (TPSA) is 61.8 Å². The van der Waals surface area contributed by atoms with Crippen LogP contribution in [0.2, 0.25) is 0 Å². The summed E-state index contributed by atoms with van der Waals surface area (Å²) in [6.07, 6.45) is 1.95. The molecule has 0 aliphatic carbocycles. The number of phenolic OH excluding ortho intramolecular Hbond substituents is 1. The average molecular weight is 326 g/mol. The van der Waals surface area contributed by atoms with Gasteiger partial charge < -0.3 is 20.1 Å². The van der Waals surface area contributed by atoms with Crippen LogP contribution in [-0.2, 0) is 6.54 Å². The normalized spacial score (nSPS) is 16.9. The first-order valence-electron chi connectivity index (χ1n) is 8.13. The van der Waals surface area contributed by atoms with E-state index < -0.39 is 0 Å². The zero-order chi connectivity index (χ0) is 16.9. The maximum atomic E-state index is 12.6. The number of nitrogens with one attached hydrogen (secondary N) is 1. The molecule has 0 aromatic heterocycles. The van der Waals surface area contributed by atoms with E-state index >= 15 is 0 Å². The highest BCUT2D eigenvalue weighted by Crippen LogP contribution is 2.33. The van der Waals surface area contributed by atoms with E-state index in [4.69, 9.17) is 4.74 Å². The molecule has 126 valence electrons. The maximum Gasteiger partial charge on any atom is 0.318 e. The first-order valence-corrected chi connectivity index (χ1v) is 8.13. The van der Waals surface area contributed by atoms with Crippen molar-refractivity contribution in [3.8, 4) is 11.5 Å². The summed E-state index contributed by atoms with van der Waals surface area (Å²) in [6.45, 7) is 1.20. The van der Waals surface area contributed by atoms with Crippen LogP contribution in [0, 0.1) is 0 Å². The number of methoxy groups -OCH3 is 1. The molecule has 5 nitrogen and oxygen atoms in total. The third-order valence-corrected chi connectivity index (χ3v) is 4.37. The van der Waals surface area contributed by atoms with E-state index in [0.29, 0.717) is 6.54 Å². The average Bonchev–Trinajstić information content (AvgIpc) is 3.11. The lowest BCUT2D eigenvalue weighted by molar-refractivity contribution is 0.192. The van der Waals surface area contributed by atoms with Crippen LogP contribution in [0.15, 0.2) is 48.5 Å². The van der Waals surface area contributed by atoms with Gasteiger partial charge in [-0.2, -0.15) is 0 Å². The molecular formula is C19H22N2O3. The molecule has 3 rings (SSSR count). The fourth-order valence-electron chi connectivity index (χ4n) is 3.10. The zero-order valence-corrected chi connectivity index (χ0v) is 13.7. The van der Waals surface area contributed by atoms with Gasteiger partial charge in [0.2, 0.25) is 0 Å². The Morgan fingerprint density at radius 3 is 2.83 bits per heavy atom. The molecule has 0 radical (unpaired) electrons. The number of likely N-dealkylation sites (tertiary alicyclic amines) is 1. The highest BCUT2D eigenvalue weighted by molar-refractivity contribution is 5.75. The Bertz CT molecular complexity index is 700. The molecule has 2 aromatic carbocycles. The van der Waals surface area contributed by atoms with Crippen molar-refractivity contribution in [2.45, 2.75) is 25.4 Å². The smallest absolute Gasteiger partial charge is 0.318 e. The number of urea groups is 1. The van der Waals surface area contributed by atoms with Crippen LogP contribution in [0.3, 0.4) is 0 Å². The van der Waals surface area contributed by atoms with Gasteiger partial charge in [-0.1, -0.05) is 24.3 Å². The number of carbonyl (C=O) groups excluding carboxylic acids is 1. The van der Waals surface area contributed by atoms with Crippen molar-refractivity contribution < 1.29 is 14.6 Å². The van der Waals surface area contributed by atoms with Gasteiger partial charge in [-0.3, -0.25) is 0 Å². The van der Waals surface area contributed by atoms with Crippen LogP contribution in [0.1, 0.15) is 30.0 Å². The minimum absolute atomic E-state index is 0.0617. The molecule has 0 unspecified atom stereocenters. The van der Waals surface area contributed by atoms with Crippen LogP contribution in [0.5, 0.6) is 11.5 Å². The molecule has 0 bridgehead atoms. The SMILES string of the molecule is COc1cccc([C@@H]2CCCN2C(=O)NCc2ccc(O)cc2)c1. The predicted octanol–water partition coefficient (Wildman–Crippen LogP) is 3.45. The number of carbonyl (C=O) groups is 1. The van der Waals surface area contributed by atoms with E-state index in [1.54, 1.807) is 31.4 Å². The number of benzene rings is 2. The Kier molecular flexibility index (Phi) is 4.89. The Labute approximate surface area is 141 Å². The van der Waals surface area contributed by atoms with Crippen molar-refractivity contribution in [1.29, 1.82) is 0 Å². The number of aromatic hydroxyl groups is 1. The van der Waals surface area contributed by atoms with Crippen LogP contribution in [-0.4, -0.2) is 29.7 Å². The van der Waals surface area contributed by atoms with Gasteiger partial charge >= 0.3 is 6.03 Å². The lowest BCUT2D eigenvalue weighted by Gasteiger charge is -2.25. The fraction of sp³-hybridized carbons (Fsp3) is 0.316. The monoisotopic (exact) mass is 326 g/mol. The van der Waals surface area contributed by atoms with Crippen LogP contribution in [0.4, 0.5) is 4.79 Å². The number of amides is 2. The molecule has 0 spiro atoms. The summed E-state index contributed by atoms with van der Waals surface area (Å²) in [6, 6.07) is 14.8. The van der Waals surface area contributed by atoms with E-state index in [2.05, 4.69) is 5.32 Å². The van der Waals surface area contributed by atoms with E-state index in [1.807, 2.05) is 29.2 Å². The molecule has 1 saturated heterocycles. The second-order valence-electron chi connectivity index (χ2n) is 5.95. The van der Waals surface area contributed by atoms with Crippen molar-refractivity contribution in [2.75, 3.05) is 13.7 Å². The zero-order valence-electron chi connectivity index (χ0n) is 13.7. The molecule has 2 aromatic rings. The first kappa shape index (κ1) is 16.2. The Morgan fingerprint density at radius 1 is 1.29 bits per heavy atom. The number of rotatable bonds is 4. The molecule has 2 amide bonds. The number of phenols is 1. The molecule has 1 aliphatic heterocycles. The number of hydrogen-bond donors (Lipinski definition) is 2. The van der Waals surface area contributed by atoms with Crippen molar-refractivity contribution in [2.24, 2.45) is 0 Å². The Hall–Kier alpha value is -2.69. The van der Waals surface area contributed by atoms with Gasteiger partial charge in [-0.25, -0.2) is 4.79 Å². The van der Waals surface area contributed by atoms with Gasteiger partial charge in [0.15, 0.2) is 0 Å². The third-order valence-electron chi connectivity index (χ3n) is 4.37. The van der Waals surface area contributed by atoms with Gasteiger partial charge in [0, 0.05) is 13.1 Å². The summed E-state index contributed by atoms with van der Waals surface area (Å²) in [5, 5.41) is 12.3. The second kappa shape index (κ2) is 7.25. The summed E-state index contributed by atoms with van der Waals surface area (Å²) < 4.78 is 5.29. The van der Waals surface area contributed by atoms with Crippen molar-refractivity contribution >= 4 is 6.03 Å². The highest BCUT2D eigenvalue weighted by Gasteiger charge is 2.29. The molecular weight excluding hydrogens is 304 g/mol. The molecule has 5 heteroatoms. The van der Waals surface area contributed by atoms with Crippen molar-refractivity contribution in [1.82, 2.24) is 10.2 Å². The van der Waals surface area contributed by atoms with E-state index in [-0.39, 0.29) is 17.8 Å². The van der Waals surface area contributed by atoms with Crippen LogP contribution < -0.4 is 10.1 Å². The minimum Gasteiger partial charge on any atom is -0.508 e. The molecule has 1 aliphatic rings. The second-order valence-corrected chi connectivity index (χ2v) is 5.95. The molecule has 24 heavy (non-hydrogen) atoms. The van der Waals surface area contributed by atoms with Crippen LogP contribution >= 0.6 is 0 Å². The molecule has 0 saturated carbocycles. The summed E-state index contributed by atoms with van der Waals surface area (Å²) >= 11 is 0. The molecule has 2 N–H and O–H groups in total. The summed E-state index contributed by atoms with van der Waals surface area (Å²) in [4.78, 5) is 14.4. The number of nitrogens with zero attached hydrogens (tertiary/aromatic N) is 1. The van der Waals surface area contributed by atoms with Gasteiger partial charge in [0.05, 0.1) is 13.2 Å². The van der Waals surface area contributed by atoms with Crippen LogP contribution in [0.25, 0.3) is 0 Å². The minimum atomic E-state index is -0.0617. The van der Waals surface area contributed by atoms with E-state index in [9.17, 15) is 9.90 Å². The van der Waals surface area contributed by atoms with Gasteiger partial charge in [-0.15, -0.1) is 0 Å². The first-order chi connectivity index (χ1) is 11.7. The number of hydrogen-bond acceptors (Lipinski definition) is 3. The van der Waals surface area contributed by atoms with Crippen molar-refractivity contribution in [3.05, 3.63) is 59.7 Å². The lowest BCUT2D eigenvalue weighted by Crippen LogP contribution is -2.39. The van der Waals surface area contributed by atoms with Gasteiger partial charge in [0.25, 0.3) is 0 Å². The van der Waals surface area contributed by atoms with E-state index in [1.165, 1.54) is 0 Å². The maximum absolute atomic E-state index is 12.6. The third kappa shape index (κ3) is 3.62. The standard InChI is InChI=1S/C19H22N2O3/c1-24-17-5-2-4-15(12-17)18-6-3-11-21(18)19(23)20-13-14-7-9-16(22)10-8-14/h2,4-5,7-10,12,18,22H,3,6,11,13H2,1H3,(H,20,23)/t18-/m0/s1. The lowest BCUT2D eigenvalue weighted by atomic mass is 10.0. The molecule has 1 heterocycles. The van der Waals surface area contributed by atoms with Gasteiger partial charge in [-0.05, 0) is 48.2 Å². The molecule has 1 atom stereocenters.